The van der Waals surface area contributed by atoms with Crippen LogP contribution in [0.1, 0.15) is 64.3 Å². The quantitative estimate of drug-likeness (QED) is 0.438. The van der Waals surface area contributed by atoms with Crippen molar-refractivity contribution in [3.63, 3.8) is 0 Å². The van der Waals surface area contributed by atoms with Crippen LogP contribution >= 0.6 is 0 Å². The van der Waals surface area contributed by atoms with Gasteiger partial charge in [-0.05, 0) is 54.3 Å². The molecule has 180 valence electrons. The highest BCUT2D eigenvalue weighted by molar-refractivity contribution is 6.21. The van der Waals surface area contributed by atoms with Crippen molar-refractivity contribution in [1.82, 2.24) is 4.90 Å². The molecule has 6 heteroatoms. The number of carbonyl (C=O) groups excluding carboxylic acids is 3. The van der Waals surface area contributed by atoms with E-state index in [0.717, 1.165) is 5.56 Å². The van der Waals surface area contributed by atoms with Gasteiger partial charge in [-0.1, -0.05) is 57.2 Å². The molecular weight excluding hydrogens is 440 g/mol. The normalized spacial score (nSPS) is 13.1. The number of amides is 3. The highest BCUT2D eigenvalue weighted by Gasteiger charge is 2.35. The van der Waals surface area contributed by atoms with Gasteiger partial charge in [-0.15, -0.1) is 0 Å². The Morgan fingerprint density at radius 2 is 1.43 bits per heavy atom. The molecule has 0 spiro atoms. The van der Waals surface area contributed by atoms with E-state index in [1.54, 1.807) is 29.2 Å². The highest BCUT2D eigenvalue weighted by Crippen LogP contribution is 2.31. The molecule has 1 aliphatic heterocycles. The zero-order valence-corrected chi connectivity index (χ0v) is 20.6. The van der Waals surface area contributed by atoms with Gasteiger partial charge in [0, 0.05) is 18.7 Å². The first kappa shape index (κ1) is 24.2. The number of nitrogens with zero attached hydrogens (tertiary/aromatic N) is 2. The molecule has 0 saturated heterocycles. The molecule has 0 atom stereocenters. The first-order valence-corrected chi connectivity index (χ1v) is 11.8. The molecule has 3 amide bonds. The third kappa shape index (κ3) is 4.83. The van der Waals surface area contributed by atoms with Crippen molar-refractivity contribution in [2.75, 3.05) is 24.6 Å². The molecule has 0 aliphatic carbocycles. The molecule has 0 unspecified atom stereocenters. The van der Waals surface area contributed by atoms with Crippen molar-refractivity contribution in [1.29, 1.82) is 0 Å². The number of imide groups is 1. The van der Waals surface area contributed by atoms with E-state index in [1.807, 2.05) is 55.5 Å². The van der Waals surface area contributed by atoms with E-state index in [9.17, 15) is 14.4 Å². The summed E-state index contributed by atoms with van der Waals surface area (Å²) in [5.41, 5.74) is 2.99. The van der Waals surface area contributed by atoms with Crippen LogP contribution in [0.4, 0.5) is 5.69 Å². The van der Waals surface area contributed by atoms with E-state index in [0.29, 0.717) is 34.7 Å². The lowest BCUT2D eigenvalue weighted by Gasteiger charge is -2.27. The van der Waals surface area contributed by atoms with Gasteiger partial charge in [0.15, 0.2) is 0 Å². The highest BCUT2D eigenvalue weighted by atomic mass is 16.5. The van der Waals surface area contributed by atoms with E-state index in [-0.39, 0.29) is 36.2 Å². The second-order valence-corrected chi connectivity index (χ2v) is 9.49. The minimum Gasteiger partial charge on any atom is -0.492 e. The number of fused-ring (bicyclic) bond motifs is 1. The Bertz CT molecular complexity index is 1220. The minimum absolute atomic E-state index is 0.0334. The van der Waals surface area contributed by atoms with Crippen LogP contribution in [0.5, 0.6) is 5.75 Å². The lowest BCUT2D eigenvalue weighted by atomic mass is 9.86. The van der Waals surface area contributed by atoms with Crippen LogP contribution in [0.2, 0.25) is 0 Å². The summed E-state index contributed by atoms with van der Waals surface area (Å²) in [6, 6.07) is 21.7. The molecule has 0 radical (unpaired) electrons. The van der Waals surface area contributed by atoms with E-state index < -0.39 is 0 Å². The summed E-state index contributed by atoms with van der Waals surface area (Å²) in [5.74, 6) is -0.345. The second-order valence-electron chi connectivity index (χ2n) is 9.49. The van der Waals surface area contributed by atoms with Crippen LogP contribution in [0, 0.1) is 0 Å². The summed E-state index contributed by atoms with van der Waals surface area (Å²) in [7, 11) is 0. The molecule has 1 aliphatic rings. The number of carbonyl (C=O) groups is 3. The average Bonchev–Trinajstić information content (AvgIpc) is 3.09. The number of hydrogen-bond acceptors (Lipinski definition) is 4. The number of anilines is 1. The molecule has 0 fully saturated rings. The van der Waals surface area contributed by atoms with Gasteiger partial charge in [0.05, 0.1) is 23.4 Å². The fourth-order valence-corrected chi connectivity index (χ4v) is 4.20. The molecule has 0 aromatic heterocycles. The number of rotatable bonds is 7. The van der Waals surface area contributed by atoms with Gasteiger partial charge >= 0.3 is 0 Å². The van der Waals surface area contributed by atoms with Crippen LogP contribution < -0.4 is 9.64 Å². The van der Waals surface area contributed by atoms with Gasteiger partial charge in [0.2, 0.25) is 0 Å². The van der Waals surface area contributed by atoms with E-state index in [2.05, 4.69) is 20.8 Å². The van der Waals surface area contributed by atoms with Crippen molar-refractivity contribution in [2.24, 2.45) is 0 Å². The smallest absolute Gasteiger partial charge is 0.261 e. The summed E-state index contributed by atoms with van der Waals surface area (Å²) >= 11 is 0. The van der Waals surface area contributed by atoms with Gasteiger partial charge < -0.3 is 9.64 Å². The first-order valence-electron chi connectivity index (χ1n) is 11.8. The molecule has 4 rings (SSSR count). The van der Waals surface area contributed by atoms with Crippen molar-refractivity contribution < 1.29 is 19.1 Å². The molecule has 6 nitrogen and oxygen atoms in total. The fourth-order valence-electron chi connectivity index (χ4n) is 4.20. The van der Waals surface area contributed by atoms with Crippen molar-refractivity contribution in [3.8, 4) is 5.75 Å². The van der Waals surface area contributed by atoms with Crippen LogP contribution in [0.3, 0.4) is 0 Å². The SMILES string of the molecule is CCOc1ccccc1N(CCN1C(=O)c2ccccc2C1=O)C(=O)c1ccc(C(C)(C)C)cc1. The summed E-state index contributed by atoms with van der Waals surface area (Å²) in [6.07, 6.45) is 0. The summed E-state index contributed by atoms with van der Waals surface area (Å²) in [4.78, 5) is 42.3. The lowest BCUT2D eigenvalue weighted by Crippen LogP contribution is -2.41. The number of hydrogen-bond donors (Lipinski definition) is 0. The maximum absolute atomic E-state index is 13.7. The Kier molecular flexibility index (Phi) is 6.74. The standard InChI is InChI=1S/C29H30N2O4/c1-5-35-25-13-9-8-12-24(25)30(26(32)20-14-16-21(17-15-20)29(2,3)4)18-19-31-27(33)22-10-6-7-11-23(22)28(31)34/h6-17H,5,18-19H2,1-4H3. The molecule has 0 N–H and O–H groups in total. The zero-order chi connectivity index (χ0) is 25.2. The van der Waals surface area contributed by atoms with Crippen LogP contribution in [-0.2, 0) is 5.41 Å². The third-order valence-electron chi connectivity index (χ3n) is 6.12. The number of benzene rings is 3. The fraction of sp³-hybridized carbons (Fsp3) is 0.276. The minimum atomic E-state index is -0.342. The predicted octanol–water partition coefficient (Wildman–Crippen LogP) is 5.33. The van der Waals surface area contributed by atoms with Crippen molar-refractivity contribution in [3.05, 3.63) is 95.1 Å². The average molecular weight is 471 g/mol. The lowest BCUT2D eigenvalue weighted by molar-refractivity contribution is 0.0654. The van der Waals surface area contributed by atoms with Gasteiger partial charge in [-0.2, -0.15) is 0 Å². The summed E-state index contributed by atoms with van der Waals surface area (Å²) in [5, 5.41) is 0. The van der Waals surface area contributed by atoms with Crippen molar-refractivity contribution in [2.45, 2.75) is 33.1 Å². The van der Waals surface area contributed by atoms with E-state index >= 15 is 0 Å². The molecule has 0 bridgehead atoms. The van der Waals surface area contributed by atoms with Crippen LogP contribution in [0.25, 0.3) is 0 Å². The van der Waals surface area contributed by atoms with Crippen LogP contribution in [0.15, 0.2) is 72.8 Å². The molecule has 3 aromatic rings. The maximum atomic E-state index is 13.7. The maximum Gasteiger partial charge on any atom is 0.261 e. The molecule has 0 saturated carbocycles. The topological polar surface area (TPSA) is 66.9 Å². The third-order valence-corrected chi connectivity index (χ3v) is 6.12. The Hall–Kier alpha value is -3.93. The molecule has 1 heterocycles. The van der Waals surface area contributed by atoms with Gasteiger partial charge in [-0.25, -0.2) is 0 Å². The largest absolute Gasteiger partial charge is 0.492 e. The summed E-state index contributed by atoms with van der Waals surface area (Å²) in [6.45, 7) is 8.89. The second kappa shape index (κ2) is 9.74. The monoisotopic (exact) mass is 470 g/mol. The molecule has 35 heavy (non-hydrogen) atoms. The number of para-hydroxylation sites is 2. The van der Waals surface area contributed by atoms with Crippen molar-refractivity contribution >= 4 is 23.4 Å². The zero-order valence-electron chi connectivity index (χ0n) is 20.6. The van der Waals surface area contributed by atoms with Gasteiger partial charge in [0.1, 0.15) is 5.75 Å². The Morgan fingerprint density at radius 3 is 2.00 bits per heavy atom. The summed E-state index contributed by atoms with van der Waals surface area (Å²) < 4.78 is 5.79. The van der Waals surface area contributed by atoms with Gasteiger partial charge in [-0.3, -0.25) is 19.3 Å². The first-order chi connectivity index (χ1) is 16.7. The Morgan fingerprint density at radius 1 is 0.857 bits per heavy atom. The van der Waals surface area contributed by atoms with Gasteiger partial charge in [0.25, 0.3) is 17.7 Å². The molecule has 3 aromatic carbocycles. The van der Waals surface area contributed by atoms with Crippen LogP contribution in [-0.4, -0.2) is 42.3 Å². The Labute approximate surface area is 206 Å². The number of ether oxygens (including phenoxy) is 1. The van der Waals surface area contributed by atoms with E-state index in [4.69, 9.17) is 4.74 Å². The Balaban J connectivity index is 1.65. The van der Waals surface area contributed by atoms with E-state index in [1.165, 1.54) is 4.90 Å². The molecular formula is C29H30N2O4. The predicted molar refractivity (Wildman–Crippen MR) is 136 cm³/mol.